The molecule has 6 atom stereocenters. The molecule has 3 aliphatic rings. The fourth-order valence-electron chi connectivity index (χ4n) is 5.77. The van der Waals surface area contributed by atoms with Gasteiger partial charge in [-0.25, -0.2) is 0 Å². The minimum absolute atomic E-state index is 0.00544. The summed E-state index contributed by atoms with van der Waals surface area (Å²) in [5, 5.41) is 0. The van der Waals surface area contributed by atoms with Crippen LogP contribution in [-0.2, 0) is 38.0 Å². The van der Waals surface area contributed by atoms with E-state index in [1.165, 1.54) is 44.9 Å². The van der Waals surface area contributed by atoms with Crippen LogP contribution in [0.5, 0.6) is 0 Å². The molecule has 3 saturated heterocycles. The Morgan fingerprint density at radius 3 is 2.17 bits per heavy atom. The molecule has 0 radical (unpaired) electrons. The third kappa shape index (κ3) is 9.86. The minimum atomic E-state index is -3.65. The number of rotatable bonds is 16. The molecule has 0 bridgehead atoms. The standard InChI is InChI=1S/C27H48O8S/c1-5-6-7-8-9-10-11-12-13-23-24(34-27(2,3)33-23)16-17-25(35-36(4,29)30)22-15-14-20(31-22)21-18-19-26(28)32-21/h20-25H,5-19H2,1-4H3/t20-,21-,22-,23+,24-,25-/m1/s1. The zero-order valence-corrected chi connectivity index (χ0v) is 23.6. The van der Waals surface area contributed by atoms with Crippen LogP contribution < -0.4 is 0 Å². The number of hydrogen-bond donors (Lipinski definition) is 0. The number of ether oxygens (including phenoxy) is 4. The summed E-state index contributed by atoms with van der Waals surface area (Å²) in [5.74, 6) is -0.844. The van der Waals surface area contributed by atoms with Crippen molar-refractivity contribution in [1.29, 1.82) is 0 Å². The van der Waals surface area contributed by atoms with Gasteiger partial charge in [0.2, 0.25) is 0 Å². The van der Waals surface area contributed by atoms with Crippen LogP contribution in [0, 0.1) is 0 Å². The molecule has 0 aromatic rings. The molecular weight excluding hydrogens is 484 g/mol. The van der Waals surface area contributed by atoms with Crippen molar-refractivity contribution in [2.24, 2.45) is 0 Å². The number of carbonyl (C=O) groups excluding carboxylic acids is 1. The highest BCUT2D eigenvalue weighted by molar-refractivity contribution is 7.86. The van der Waals surface area contributed by atoms with E-state index in [0.717, 1.165) is 25.5 Å². The van der Waals surface area contributed by atoms with Gasteiger partial charge < -0.3 is 18.9 Å². The van der Waals surface area contributed by atoms with Crippen LogP contribution in [0.3, 0.4) is 0 Å². The Morgan fingerprint density at radius 1 is 0.917 bits per heavy atom. The molecule has 3 rings (SSSR count). The summed E-state index contributed by atoms with van der Waals surface area (Å²) in [6.07, 6.45) is 14.2. The van der Waals surface area contributed by atoms with Crippen molar-refractivity contribution in [3.05, 3.63) is 0 Å². The van der Waals surface area contributed by atoms with E-state index in [1.54, 1.807) is 0 Å². The summed E-state index contributed by atoms with van der Waals surface area (Å²) in [7, 11) is -3.65. The predicted octanol–water partition coefficient (Wildman–Crippen LogP) is 5.42. The highest BCUT2D eigenvalue weighted by Gasteiger charge is 2.44. The normalized spacial score (nSPS) is 31.1. The smallest absolute Gasteiger partial charge is 0.306 e. The zero-order chi connectivity index (χ0) is 26.2. The summed E-state index contributed by atoms with van der Waals surface area (Å²) in [5.41, 5.74) is 0. The Kier molecular flexibility index (Phi) is 11.5. The molecule has 0 saturated carbocycles. The summed E-state index contributed by atoms with van der Waals surface area (Å²) in [6.45, 7) is 6.11. The molecule has 9 heteroatoms. The molecular formula is C27H48O8S. The summed E-state index contributed by atoms with van der Waals surface area (Å²) in [4.78, 5) is 11.5. The first-order chi connectivity index (χ1) is 17.1. The first kappa shape index (κ1) is 29.8. The largest absolute Gasteiger partial charge is 0.460 e. The van der Waals surface area contributed by atoms with Crippen molar-refractivity contribution in [3.63, 3.8) is 0 Å². The van der Waals surface area contributed by atoms with Crippen LogP contribution in [0.2, 0.25) is 0 Å². The van der Waals surface area contributed by atoms with Crippen molar-refractivity contribution in [2.45, 2.75) is 159 Å². The van der Waals surface area contributed by atoms with Gasteiger partial charge in [-0.05, 0) is 52.4 Å². The molecule has 0 aromatic carbocycles. The van der Waals surface area contributed by atoms with Gasteiger partial charge in [0.15, 0.2) is 5.79 Å². The molecule has 0 spiro atoms. The molecule has 0 aromatic heterocycles. The Balaban J connectivity index is 1.49. The van der Waals surface area contributed by atoms with E-state index in [-0.39, 0.29) is 36.5 Å². The highest BCUT2D eigenvalue weighted by Crippen LogP contribution is 2.36. The fraction of sp³-hybridized carbons (Fsp3) is 0.963. The van der Waals surface area contributed by atoms with E-state index >= 15 is 0 Å². The second kappa shape index (κ2) is 13.9. The van der Waals surface area contributed by atoms with Crippen molar-refractivity contribution >= 4 is 16.1 Å². The second-order valence-electron chi connectivity index (χ2n) is 11.2. The van der Waals surface area contributed by atoms with E-state index in [0.29, 0.717) is 32.1 Å². The summed E-state index contributed by atoms with van der Waals surface area (Å²) < 4.78 is 53.5. The van der Waals surface area contributed by atoms with Crippen LogP contribution in [0.1, 0.15) is 117 Å². The van der Waals surface area contributed by atoms with Crippen LogP contribution in [0.25, 0.3) is 0 Å². The van der Waals surface area contributed by atoms with Crippen molar-refractivity contribution in [2.75, 3.05) is 6.26 Å². The quantitative estimate of drug-likeness (QED) is 0.148. The van der Waals surface area contributed by atoms with E-state index < -0.39 is 22.0 Å². The highest BCUT2D eigenvalue weighted by atomic mass is 32.2. The summed E-state index contributed by atoms with van der Waals surface area (Å²) >= 11 is 0. The topological polar surface area (TPSA) is 97.4 Å². The maximum atomic E-state index is 12.0. The lowest BCUT2D eigenvalue weighted by Crippen LogP contribution is -2.35. The van der Waals surface area contributed by atoms with Gasteiger partial charge in [0, 0.05) is 6.42 Å². The number of hydrogen-bond acceptors (Lipinski definition) is 8. The Labute approximate surface area is 218 Å². The Bertz CT molecular complexity index is 783. The molecule has 3 heterocycles. The van der Waals surface area contributed by atoms with Gasteiger partial charge in [-0.15, -0.1) is 0 Å². The molecule has 3 aliphatic heterocycles. The van der Waals surface area contributed by atoms with Gasteiger partial charge in [-0.1, -0.05) is 58.3 Å². The molecule has 36 heavy (non-hydrogen) atoms. The van der Waals surface area contributed by atoms with E-state index in [1.807, 2.05) is 13.8 Å². The Hall–Kier alpha value is -0.740. The third-order valence-electron chi connectivity index (χ3n) is 7.49. The Morgan fingerprint density at radius 2 is 1.56 bits per heavy atom. The van der Waals surface area contributed by atoms with Crippen LogP contribution in [0.4, 0.5) is 0 Å². The molecule has 0 aliphatic carbocycles. The number of carbonyl (C=O) groups is 1. The van der Waals surface area contributed by atoms with Gasteiger partial charge in [0.25, 0.3) is 10.1 Å². The lowest BCUT2D eigenvalue weighted by molar-refractivity contribution is -0.150. The summed E-state index contributed by atoms with van der Waals surface area (Å²) in [6, 6.07) is 0. The van der Waals surface area contributed by atoms with Gasteiger partial charge in [0.05, 0.1) is 30.7 Å². The number of unbranched alkanes of at least 4 members (excludes halogenated alkanes) is 7. The second-order valence-corrected chi connectivity index (χ2v) is 12.9. The van der Waals surface area contributed by atoms with Gasteiger partial charge in [-0.2, -0.15) is 8.42 Å². The minimum Gasteiger partial charge on any atom is -0.460 e. The number of esters is 1. The molecule has 0 N–H and O–H groups in total. The lowest BCUT2D eigenvalue weighted by Gasteiger charge is -2.26. The van der Waals surface area contributed by atoms with E-state index in [9.17, 15) is 13.2 Å². The first-order valence-electron chi connectivity index (χ1n) is 14.1. The van der Waals surface area contributed by atoms with Gasteiger partial charge >= 0.3 is 5.97 Å². The predicted molar refractivity (Wildman–Crippen MR) is 137 cm³/mol. The average Bonchev–Trinajstić information content (AvgIpc) is 3.51. The SMILES string of the molecule is CCCCCCCCCC[C@@H]1OC(C)(C)O[C@@H]1CC[C@@H](OS(C)(=O)=O)[C@H]1CC[C@H]([C@H]2CCC(=O)O2)O1. The molecule has 8 nitrogen and oxygen atoms in total. The van der Waals surface area contributed by atoms with Crippen molar-refractivity contribution < 1.29 is 36.3 Å². The van der Waals surface area contributed by atoms with Crippen LogP contribution >= 0.6 is 0 Å². The average molecular weight is 533 g/mol. The van der Waals surface area contributed by atoms with E-state index in [2.05, 4.69) is 6.92 Å². The molecule has 0 unspecified atom stereocenters. The molecule has 210 valence electrons. The van der Waals surface area contributed by atoms with Crippen molar-refractivity contribution in [1.82, 2.24) is 0 Å². The van der Waals surface area contributed by atoms with Crippen molar-refractivity contribution in [3.8, 4) is 0 Å². The van der Waals surface area contributed by atoms with Gasteiger partial charge in [0.1, 0.15) is 12.2 Å². The monoisotopic (exact) mass is 532 g/mol. The maximum absolute atomic E-state index is 12.0. The van der Waals surface area contributed by atoms with Crippen LogP contribution in [0.15, 0.2) is 0 Å². The van der Waals surface area contributed by atoms with Crippen LogP contribution in [-0.4, -0.2) is 63.1 Å². The zero-order valence-electron chi connectivity index (χ0n) is 22.7. The first-order valence-corrected chi connectivity index (χ1v) is 16.0. The van der Waals surface area contributed by atoms with Gasteiger partial charge in [-0.3, -0.25) is 8.98 Å². The number of cyclic esters (lactones) is 1. The molecule has 0 amide bonds. The lowest BCUT2D eigenvalue weighted by atomic mass is 9.97. The maximum Gasteiger partial charge on any atom is 0.306 e. The van der Waals surface area contributed by atoms with E-state index in [4.69, 9.17) is 23.1 Å². The molecule has 3 fully saturated rings. The fourth-order valence-corrected chi connectivity index (χ4v) is 6.44. The third-order valence-corrected chi connectivity index (χ3v) is 8.09.